The van der Waals surface area contributed by atoms with E-state index >= 15 is 0 Å². The van der Waals surface area contributed by atoms with E-state index in [1.54, 1.807) is 35.3 Å². The number of anilines is 1. The summed E-state index contributed by atoms with van der Waals surface area (Å²) in [7, 11) is 0. The van der Waals surface area contributed by atoms with Crippen molar-refractivity contribution in [3.63, 3.8) is 0 Å². The molecule has 4 rings (SSSR count). The molecule has 0 bridgehead atoms. The lowest BCUT2D eigenvalue weighted by Crippen LogP contribution is -2.07. The SMILES string of the molecule is O=C(O)c1cn2c(NCc3cccnc3)nc3ccncc3c2n1. The first-order valence-electron chi connectivity index (χ1n) is 7.21. The summed E-state index contributed by atoms with van der Waals surface area (Å²) in [5.74, 6) is -0.582. The quantitative estimate of drug-likeness (QED) is 0.592. The van der Waals surface area contributed by atoms with Crippen LogP contribution in [-0.4, -0.2) is 35.4 Å². The molecule has 0 fully saturated rings. The lowest BCUT2D eigenvalue weighted by Gasteiger charge is -2.09. The highest BCUT2D eigenvalue weighted by atomic mass is 16.4. The summed E-state index contributed by atoms with van der Waals surface area (Å²) in [6.07, 6.45) is 8.17. The number of aromatic nitrogens is 5. The van der Waals surface area contributed by atoms with Crippen LogP contribution in [0.15, 0.2) is 49.2 Å². The van der Waals surface area contributed by atoms with Gasteiger partial charge in [0.1, 0.15) is 0 Å². The maximum atomic E-state index is 11.3. The van der Waals surface area contributed by atoms with Gasteiger partial charge in [-0.3, -0.25) is 14.4 Å². The van der Waals surface area contributed by atoms with Crippen LogP contribution in [0.5, 0.6) is 0 Å². The number of nitrogens with zero attached hydrogens (tertiary/aromatic N) is 5. The van der Waals surface area contributed by atoms with Gasteiger partial charge < -0.3 is 10.4 Å². The minimum absolute atomic E-state index is 0.0439. The van der Waals surface area contributed by atoms with Crippen LogP contribution >= 0.6 is 0 Å². The summed E-state index contributed by atoms with van der Waals surface area (Å²) >= 11 is 0. The minimum Gasteiger partial charge on any atom is -0.476 e. The van der Waals surface area contributed by atoms with E-state index in [4.69, 9.17) is 0 Å². The molecule has 118 valence electrons. The molecule has 0 spiro atoms. The largest absolute Gasteiger partial charge is 0.476 e. The maximum absolute atomic E-state index is 11.3. The van der Waals surface area contributed by atoms with Gasteiger partial charge in [-0.1, -0.05) is 6.07 Å². The van der Waals surface area contributed by atoms with E-state index in [-0.39, 0.29) is 5.69 Å². The van der Waals surface area contributed by atoms with E-state index in [1.165, 1.54) is 6.20 Å². The van der Waals surface area contributed by atoms with Crippen LogP contribution < -0.4 is 5.32 Å². The molecule has 4 aromatic rings. The molecule has 0 aliphatic carbocycles. The summed E-state index contributed by atoms with van der Waals surface area (Å²) < 4.78 is 1.63. The number of carboxylic acid groups (broad SMARTS) is 1. The Labute approximate surface area is 135 Å². The van der Waals surface area contributed by atoms with Crippen LogP contribution in [0.1, 0.15) is 16.1 Å². The van der Waals surface area contributed by atoms with Crippen LogP contribution in [0.2, 0.25) is 0 Å². The lowest BCUT2D eigenvalue weighted by atomic mass is 10.3. The third-order valence-electron chi connectivity index (χ3n) is 3.59. The van der Waals surface area contributed by atoms with Crippen LogP contribution in [0.25, 0.3) is 16.6 Å². The van der Waals surface area contributed by atoms with E-state index in [2.05, 4.69) is 25.3 Å². The average molecular weight is 320 g/mol. The minimum atomic E-state index is -1.09. The van der Waals surface area contributed by atoms with Crippen molar-refractivity contribution in [3.8, 4) is 0 Å². The Morgan fingerprint density at radius 2 is 2.04 bits per heavy atom. The van der Waals surface area contributed by atoms with Gasteiger partial charge in [0.15, 0.2) is 11.3 Å². The second kappa shape index (κ2) is 5.58. The zero-order chi connectivity index (χ0) is 16.5. The fraction of sp³-hybridized carbons (Fsp3) is 0.0625. The number of hydrogen-bond acceptors (Lipinski definition) is 6. The molecule has 0 aromatic carbocycles. The summed E-state index contributed by atoms with van der Waals surface area (Å²) in [4.78, 5) is 28.1. The van der Waals surface area contributed by atoms with E-state index in [1.807, 2.05) is 12.1 Å². The van der Waals surface area contributed by atoms with Crippen LogP contribution in [0.4, 0.5) is 5.95 Å². The van der Waals surface area contributed by atoms with Crippen molar-refractivity contribution in [2.45, 2.75) is 6.54 Å². The summed E-state index contributed by atoms with van der Waals surface area (Å²) in [6, 6.07) is 5.56. The standard InChI is InChI=1S/C16H12N6O2/c23-15(24)13-9-22-14(20-13)11-8-18-5-3-12(11)21-16(22)19-7-10-2-1-4-17-6-10/h1-6,8-9H,7H2,(H,19,21)(H,23,24). The second-order valence-corrected chi connectivity index (χ2v) is 5.17. The van der Waals surface area contributed by atoms with Gasteiger partial charge in [0, 0.05) is 37.5 Å². The Balaban J connectivity index is 1.84. The normalized spacial score (nSPS) is 11.0. The first-order valence-corrected chi connectivity index (χ1v) is 7.21. The number of rotatable bonds is 4. The van der Waals surface area contributed by atoms with Crippen molar-refractivity contribution in [3.05, 3.63) is 60.4 Å². The molecule has 4 heterocycles. The van der Waals surface area contributed by atoms with Gasteiger partial charge >= 0.3 is 5.97 Å². The summed E-state index contributed by atoms with van der Waals surface area (Å²) in [5.41, 5.74) is 2.13. The Morgan fingerprint density at radius 3 is 2.83 bits per heavy atom. The number of imidazole rings is 1. The summed E-state index contributed by atoms with van der Waals surface area (Å²) in [6.45, 7) is 0.507. The second-order valence-electron chi connectivity index (χ2n) is 5.17. The molecule has 0 amide bonds. The number of pyridine rings is 2. The third kappa shape index (κ3) is 2.39. The van der Waals surface area contributed by atoms with Gasteiger partial charge in [-0.2, -0.15) is 0 Å². The Morgan fingerprint density at radius 1 is 1.17 bits per heavy atom. The molecule has 0 radical (unpaired) electrons. The topological polar surface area (TPSA) is 105 Å². The van der Waals surface area contributed by atoms with E-state index in [9.17, 15) is 9.90 Å². The number of carboxylic acids is 1. The molecule has 0 saturated heterocycles. The predicted octanol–water partition coefficient (Wildman–Crippen LogP) is 1.98. The van der Waals surface area contributed by atoms with Gasteiger partial charge in [0.2, 0.25) is 5.95 Å². The van der Waals surface area contributed by atoms with Crippen molar-refractivity contribution < 1.29 is 9.90 Å². The first-order chi connectivity index (χ1) is 11.7. The molecule has 24 heavy (non-hydrogen) atoms. The number of carbonyl (C=O) groups is 1. The van der Waals surface area contributed by atoms with Gasteiger partial charge in [0.25, 0.3) is 0 Å². The zero-order valence-corrected chi connectivity index (χ0v) is 12.4. The number of aromatic carboxylic acids is 1. The van der Waals surface area contributed by atoms with Crippen LogP contribution in [-0.2, 0) is 6.54 Å². The highest BCUT2D eigenvalue weighted by molar-refractivity contribution is 5.94. The molecule has 2 N–H and O–H groups in total. The molecular weight excluding hydrogens is 308 g/mol. The molecular formula is C16H12N6O2. The molecule has 4 aromatic heterocycles. The number of nitrogens with one attached hydrogen (secondary N) is 1. The fourth-order valence-electron chi connectivity index (χ4n) is 2.47. The van der Waals surface area contributed by atoms with Crippen molar-refractivity contribution in [1.29, 1.82) is 0 Å². The van der Waals surface area contributed by atoms with Crippen molar-refractivity contribution in [2.24, 2.45) is 0 Å². The highest BCUT2D eigenvalue weighted by Crippen LogP contribution is 2.21. The molecule has 0 atom stereocenters. The average Bonchev–Trinajstić information content (AvgIpc) is 3.07. The van der Waals surface area contributed by atoms with Crippen molar-refractivity contribution in [1.82, 2.24) is 24.3 Å². The molecule has 8 nitrogen and oxygen atoms in total. The van der Waals surface area contributed by atoms with Gasteiger partial charge in [-0.25, -0.2) is 14.8 Å². The van der Waals surface area contributed by atoms with Crippen LogP contribution in [0.3, 0.4) is 0 Å². The molecule has 0 aliphatic rings. The van der Waals surface area contributed by atoms with E-state index in [0.29, 0.717) is 29.0 Å². The van der Waals surface area contributed by atoms with Gasteiger partial charge in [0.05, 0.1) is 10.9 Å². The van der Waals surface area contributed by atoms with Crippen LogP contribution in [0, 0.1) is 0 Å². The molecule has 0 saturated carbocycles. The monoisotopic (exact) mass is 320 g/mol. The lowest BCUT2D eigenvalue weighted by molar-refractivity contribution is 0.0691. The predicted molar refractivity (Wildman–Crippen MR) is 86.8 cm³/mol. The number of fused-ring (bicyclic) bond motifs is 3. The smallest absolute Gasteiger partial charge is 0.356 e. The molecule has 0 aliphatic heterocycles. The van der Waals surface area contributed by atoms with Gasteiger partial charge in [-0.15, -0.1) is 0 Å². The highest BCUT2D eigenvalue weighted by Gasteiger charge is 2.15. The summed E-state index contributed by atoms with van der Waals surface area (Å²) in [5, 5.41) is 13.1. The van der Waals surface area contributed by atoms with E-state index < -0.39 is 5.97 Å². The van der Waals surface area contributed by atoms with E-state index in [0.717, 1.165) is 5.56 Å². The first kappa shape index (κ1) is 14.1. The maximum Gasteiger partial charge on any atom is 0.356 e. The van der Waals surface area contributed by atoms with Gasteiger partial charge in [-0.05, 0) is 17.7 Å². The molecule has 8 heteroatoms. The Kier molecular flexibility index (Phi) is 3.27. The fourth-order valence-corrected chi connectivity index (χ4v) is 2.47. The zero-order valence-electron chi connectivity index (χ0n) is 12.4. The Hall–Kier alpha value is -3.55. The van der Waals surface area contributed by atoms with Crippen molar-refractivity contribution in [2.75, 3.05) is 5.32 Å². The molecule has 0 unspecified atom stereocenters. The third-order valence-corrected chi connectivity index (χ3v) is 3.59. The van der Waals surface area contributed by atoms with Crippen molar-refractivity contribution >= 4 is 28.5 Å². The Bertz CT molecular complexity index is 1040. The number of hydrogen-bond donors (Lipinski definition) is 2.